The maximum absolute atomic E-state index is 5.84. The van der Waals surface area contributed by atoms with Crippen LogP contribution in [0.2, 0.25) is 0 Å². The van der Waals surface area contributed by atoms with E-state index in [1.807, 2.05) is 10.9 Å². The topological polar surface area (TPSA) is 39.1 Å². The highest BCUT2D eigenvalue weighted by atomic mass is 16.5. The van der Waals surface area contributed by atoms with E-state index in [-0.39, 0.29) is 5.41 Å². The lowest BCUT2D eigenvalue weighted by Crippen LogP contribution is -2.35. The predicted octanol–water partition coefficient (Wildman–Crippen LogP) is 3.11. The van der Waals surface area contributed by atoms with Crippen molar-refractivity contribution in [3.63, 3.8) is 0 Å². The van der Waals surface area contributed by atoms with Crippen LogP contribution in [-0.2, 0) is 0 Å². The standard InChI is InChI=1S/C15H29N3O/c1-12(2)7-16-10-15(5,6)11-19-14-8-17-18(9-14)13(3)4/h8-9,12-13,16H,7,10-11H2,1-6H3. The average Bonchev–Trinajstić information content (AvgIpc) is 2.74. The van der Waals surface area contributed by atoms with Gasteiger partial charge in [-0.2, -0.15) is 5.10 Å². The van der Waals surface area contributed by atoms with Gasteiger partial charge < -0.3 is 10.1 Å². The zero-order chi connectivity index (χ0) is 14.5. The molecule has 4 heteroatoms. The largest absolute Gasteiger partial charge is 0.490 e. The van der Waals surface area contributed by atoms with Crippen LogP contribution in [0.15, 0.2) is 12.4 Å². The maximum atomic E-state index is 5.84. The number of nitrogens with one attached hydrogen (secondary N) is 1. The number of hydrogen-bond acceptors (Lipinski definition) is 3. The molecule has 0 bridgehead atoms. The molecule has 0 saturated heterocycles. The van der Waals surface area contributed by atoms with Crippen LogP contribution in [0.5, 0.6) is 5.75 Å². The Morgan fingerprint density at radius 1 is 1.32 bits per heavy atom. The summed E-state index contributed by atoms with van der Waals surface area (Å²) in [5.41, 5.74) is 0.120. The van der Waals surface area contributed by atoms with Gasteiger partial charge in [-0.3, -0.25) is 4.68 Å². The lowest BCUT2D eigenvalue weighted by atomic mass is 9.94. The first-order valence-electron chi connectivity index (χ1n) is 7.18. The molecule has 4 nitrogen and oxygen atoms in total. The summed E-state index contributed by atoms with van der Waals surface area (Å²) in [5.74, 6) is 1.53. The molecule has 1 rings (SSSR count). The fraction of sp³-hybridized carbons (Fsp3) is 0.800. The number of ether oxygens (including phenoxy) is 1. The molecule has 110 valence electrons. The molecule has 0 radical (unpaired) electrons. The van der Waals surface area contributed by atoms with Gasteiger partial charge in [0.05, 0.1) is 19.0 Å². The van der Waals surface area contributed by atoms with Crippen LogP contribution in [0.1, 0.15) is 47.6 Å². The second kappa shape index (κ2) is 6.94. The van der Waals surface area contributed by atoms with Gasteiger partial charge in [-0.1, -0.05) is 27.7 Å². The third-order valence-corrected chi connectivity index (χ3v) is 2.89. The predicted molar refractivity (Wildman–Crippen MR) is 79.6 cm³/mol. The summed E-state index contributed by atoms with van der Waals surface area (Å²) < 4.78 is 7.75. The molecule has 0 aliphatic carbocycles. The van der Waals surface area contributed by atoms with E-state index in [1.54, 1.807) is 6.20 Å². The number of aromatic nitrogens is 2. The molecular weight excluding hydrogens is 238 g/mol. The third-order valence-electron chi connectivity index (χ3n) is 2.89. The Hall–Kier alpha value is -1.03. The molecule has 0 amide bonds. The molecule has 19 heavy (non-hydrogen) atoms. The first-order valence-corrected chi connectivity index (χ1v) is 7.18. The molecule has 0 aliphatic heterocycles. The Balaban J connectivity index is 2.36. The first kappa shape index (κ1) is 16.0. The minimum absolute atomic E-state index is 0.120. The number of hydrogen-bond donors (Lipinski definition) is 1. The number of nitrogens with zero attached hydrogens (tertiary/aromatic N) is 2. The second-order valence-electron chi connectivity index (χ2n) is 6.73. The van der Waals surface area contributed by atoms with Crippen LogP contribution >= 0.6 is 0 Å². The van der Waals surface area contributed by atoms with Gasteiger partial charge >= 0.3 is 0 Å². The van der Waals surface area contributed by atoms with E-state index in [0.717, 1.165) is 18.8 Å². The van der Waals surface area contributed by atoms with Gasteiger partial charge in [0.1, 0.15) is 0 Å². The van der Waals surface area contributed by atoms with E-state index in [1.165, 1.54) is 0 Å². The zero-order valence-corrected chi connectivity index (χ0v) is 13.2. The Morgan fingerprint density at radius 3 is 2.53 bits per heavy atom. The molecule has 0 spiro atoms. The summed E-state index contributed by atoms with van der Waals surface area (Å²) in [6.45, 7) is 15.8. The van der Waals surface area contributed by atoms with Gasteiger partial charge in [0.15, 0.2) is 5.75 Å². The maximum Gasteiger partial charge on any atom is 0.157 e. The molecule has 0 atom stereocenters. The van der Waals surface area contributed by atoms with Crippen molar-refractivity contribution in [2.45, 2.75) is 47.6 Å². The summed E-state index contributed by atoms with van der Waals surface area (Å²) in [4.78, 5) is 0. The number of rotatable bonds is 8. The smallest absolute Gasteiger partial charge is 0.157 e. The Morgan fingerprint density at radius 2 is 2.00 bits per heavy atom. The van der Waals surface area contributed by atoms with Crippen molar-refractivity contribution in [2.24, 2.45) is 11.3 Å². The third kappa shape index (κ3) is 6.10. The molecule has 0 saturated carbocycles. The summed E-state index contributed by atoms with van der Waals surface area (Å²) >= 11 is 0. The van der Waals surface area contributed by atoms with Crippen LogP contribution in [-0.4, -0.2) is 29.5 Å². The average molecular weight is 267 g/mol. The van der Waals surface area contributed by atoms with E-state index in [4.69, 9.17) is 4.74 Å². The highest BCUT2D eigenvalue weighted by Crippen LogP contribution is 2.18. The van der Waals surface area contributed by atoms with Crippen LogP contribution < -0.4 is 10.1 Å². The Kier molecular flexibility index (Phi) is 5.85. The quantitative estimate of drug-likeness (QED) is 0.786. The minimum Gasteiger partial charge on any atom is -0.490 e. The van der Waals surface area contributed by atoms with E-state index < -0.39 is 0 Å². The highest BCUT2D eigenvalue weighted by Gasteiger charge is 2.19. The van der Waals surface area contributed by atoms with E-state index in [0.29, 0.717) is 18.6 Å². The molecular formula is C15H29N3O. The SMILES string of the molecule is CC(C)CNCC(C)(C)COc1cnn(C(C)C)c1. The van der Waals surface area contributed by atoms with Gasteiger partial charge in [0.25, 0.3) is 0 Å². The van der Waals surface area contributed by atoms with Crippen molar-refractivity contribution in [3.05, 3.63) is 12.4 Å². The molecule has 0 unspecified atom stereocenters. The lowest BCUT2D eigenvalue weighted by Gasteiger charge is -2.25. The zero-order valence-electron chi connectivity index (χ0n) is 13.2. The van der Waals surface area contributed by atoms with Crippen molar-refractivity contribution in [1.82, 2.24) is 15.1 Å². The van der Waals surface area contributed by atoms with Gasteiger partial charge in [0.2, 0.25) is 0 Å². The minimum atomic E-state index is 0.120. The second-order valence-corrected chi connectivity index (χ2v) is 6.73. The van der Waals surface area contributed by atoms with E-state index in [9.17, 15) is 0 Å². The van der Waals surface area contributed by atoms with Crippen LogP contribution in [0.25, 0.3) is 0 Å². The van der Waals surface area contributed by atoms with Crippen molar-refractivity contribution in [2.75, 3.05) is 19.7 Å². The molecule has 0 aromatic carbocycles. The van der Waals surface area contributed by atoms with Crippen LogP contribution in [0.3, 0.4) is 0 Å². The fourth-order valence-electron chi connectivity index (χ4n) is 1.71. The normalized spacial score (nSPS) is 12.4. The summed E-state index contributed by atoms with van der Waals surface area (Å²) in [6.07, 6.45) is 3.75. The summed E-state index contributed by atoms with van der Waals surface area (Å²) in [5, 5.41) is 7.76. The Bertz CT molecular complexity index is 369. The highest BCUT2D eigenvalue weighted by molar-refractivity contribution is 5.12. The summed E-state index contributed by atoms with van der Waals surface area (Å²) in [7, 11) is 0. The van der Waals surface area contributed by atoms with Gasteiger partial charge in [0, 0.05) is 18.0 Å². The van der Waals surface area contributed by atoms with Crippen molar-refractivity contribution >= 4 is 0 Å². The molecule has 1 aromatic heterocycles. The van der Waals surface area contributed by atoms with Gasteiger partial charge in [-0.25, -0.2) is 0 Å². The fourth-order valence-corrected chi connectivity index (χ4v) is 1.71. The van der Waals surface area contributed by atoms with Gasteiger partial charge in [-0.05, 0) is 26.3 Å². The van der Waals surface area contributed by atoms with Crippen LogP contribution in [0, 0.1) is 11.3 Å². The lowest BCUT2D eigenvalue weighted by molar-refractivity contribution is 0.175. The molecule has 1 aromatic rings. The molecule has 0 fully saturated rings. The van der Waals surface area contributed by atoms with Crippen molar-refractivity contribution < 1.29 is 4.74 Å². The first-order chi connectivity index (χ1) is 8.80. The van der Waals surface area contributed by atoms with E-state index >= 15 is 0 Å². The van der Waals surface area contributed by atoms with E-state index in [2.05, 4.69) is 52.0 Å². The van der Waals surface area contributed by atoms with Gasteiger partial charge in [-0.15, -0.1) is 0 Å². The molecule has 1 N–H and O–H groups in total. The van der Waals surface area contributed by atoms with Crippen molar-refractivity contribution in [1.29, 1.82) is 0 Å². The summed E-state index contributed by atoms with van der Waals surface area (Å²) in [6, 6.07) is 0.373. The molecule has 0 aliphatic rings. The monoisotopic (exact) mass is 267 g/mol. The molecule has 1 heterocycles. The van der Waals surface area contributed by atoms with Crippen LogP contribution in [0.4, 0.5) is 0 Å². The Labute approximate surface area is 117 Å². The van der Waals surface area contributed by atoms with Crippen molar-refractivity contribution in [3.8, 4) is 5.75 Å².